The molecule has 1 atom stereocenters. The van der Waals surface area contributed by atoms with Crippen molar-refractivity contribution in [1.29, 1.82) is 0 Å². The van der Waals surface area contributed by atoms with E-state index in [-0.39, 0.29) is 29.3 Å². The van der Waals surface area contributed by atoms with Crippen LogP contribution in [0.2, 0.25) is 0 Å². The van der Waals surface area contributed by atoms with Crippen LogP contribution < -0.4 is 15.8 Å². The first-order valence-corrected chi connectivity index (χ1v) is 7.84. The zero-order chi connectivity index (χ0) is 15.3. The second kappa shape index (κ2) is 6.83. The van der Waals surface area contributed by atoms with E-state index in [0.29, 0.717) is 5.69 Å². The van der Waals surface area contributed by atoms with Gasteiger partial charge in [-0.15, -0.1) is 0 Å². The Hall–Kier alpha value is -1.44. The molecule has 0 spiro atoms. The number of hydrogen-bond acceptors (Lipinski definition) is 4. The molecule has 0 aromatic heterocycles. The summed E-state index contributed by atoms with van der Waals surface area (Å²) in [6.07, 6.45) is 0. The zero-order valence-corrected chi connectivity index (χ0v) is 12.7. The maximum atomic E-state index is 12.2. The average Bonchev–Trinajstić information content (AvgIpc) is 2.35. The van der Waals surface area contributed by atoms with Gasteiger partial charge in [0.2, 0.25) is 15.9 Å². The van der Waals surface area contributed by atoms with E-state index in [2.05, 4.69) is 10.0 Å². The predicted molar refractivity (Wildman–Crippen MR) is 78.7 cm³/mol. The number of carbonyl (C=O) groups excluding carboxylic acids is 1. The van der Waals surface area contributed by atoms with Gasteiger partial charge >= 0.3 is 0 Å². The molecule has 4 N–H and O–H groups in total. The van der Waals surface area contributed by atoms with Crippen LogP contribution in [-0.2, 0) is 14.8 Å². The minimum absolute atomic E-state index is 0.105. The van der Waals surface area contributed by atoms with Crippen molar-refractivity contribution in [3.8, 4) is 0 Å². The summed E-state index contributed by atoms with van der Waals surface area (Å²) < 4.78 is 26.9. The molecule has 0 aliphatic rings. The summed E-state index contributed by atoms with van der Waals surface area (Å²) >= 11 is 0. The highest BCUT2D eigenvalue weighted by Crippen LogP contribution is 2.15. The minimum Gasteiger partial charge on any atom is -0.329 e. The lowest BCUT2D eigenvalue weighted by atomic mass is 10.1. The second-order valence-electron chi connectivity index (χ2n) is 4.91. The summed E-state index contributed by atoms with van der Waals surface area (Å²) in [6, 6.07) is 5.67. The molecule has 0 heterocycles. The topological polar surface area (TPSA) is 101 Å². The molecule has 0 aliphatic carbocycles. The second-order valence-corrected chi connectivity index (χ2v) is 6.63. The fraction of sp³-hybridized carbons (Fsp3) is 0.462. The summed E-state index contributed by atoms with van der Waals surface area (Å²) in [4.78, 5) is 11.0. The van der Waals surface area contributed by atoms with E-state index in [9.17, 15) is 13.2 Å². The number of amides is 1. The normalized spacial score (nSPS) is 13.2. The van der Waals surface area contributed by atoms with Gasteiger partial charge in [-0.25, -0.2) is 13.1 Å². The molecule has 20 heavy (non-hydrogen) atoms. The van der Waals surface area contributed by atoms with Crippen LogP contribution >= 0.6 is 0 Å². The van der Waals surface area contributed by atoms with Crippen molar-refractivity contribution in [2.75, 3.05) is 11.9 Å². The van der Waals surface area contributed by atoms with Gasteiger partial charge in [-0.1, -0.05) is 13.8 Å². The molecule has 0 saturated carbocycles. The maximum Gasteiger partial charge on any atom is 0.240 e. The Balaban J connectivity index is 2.90. The highest BCUT2D eigenvalue weighted by molar-refractivity contribution is 7.89. The summed E-state index contributed by atoms with van der Waals surface area (Å²) in [5.41, 5.74) is 6.12. The number of benzene rings is 1. The van der Waals surface area contributed by atoms with Gasteiger partial charge in [-0.2, -0.15) is 0 Å². The number of hydrogen-bond donors (Lipinski definition) is 3. The van der Waals surface area contributed by atoms with Crippen LogP contribution in [0.5, 0.6) is 0 Å². The van der Waals surface area contributed by atoms with Gasteiger partial charge in [0, 0.05) is 25.2 Å². The highest BCUT2D eigenvalue weighted by atomic mass is 32.2. The molecule has 1 amide bonds. The Morgan fingerprint density at radius 3 is 2.20 bits per heavy atom. The van der Waals surface area contributed by atoms with Gasteiger partial charge in [0.05, 0.1) is 4.90 Å². The van der Waals surface area contributed by atoms with Crippen LogP contribution in [0.25, 0.3) is 0 Å². The molecule has 0 bridgehead atoms. The van der Waals surface area contributed by atoms with Crippen molar-refractivity contribution in [2.45, 2.75) is 31.7 Å². The van der Waals surface area contributed by atoms with E-state index in [4.69, 9.17) is 5.73 Å². The number of nitrogens with two attached hydrogens (primary N) is 1. The molecule has 0 aliphatic heterocycles. The molecule has 1 rings (SSSR count). The van der Waals surface area contributed by atoms with Crippen LogP contribution in [0, 0.1) is 5.92 Å². The first kappa shape index (κ1) is 16.6. The number of nitrogens with one attached hydrogen (secondary N) is 2. The van der Waals surface area contributed by atoms with Gasteiger partial charge in [-0.05, 0) is 30.2 Å². The Morgan fingerprint density at radius 1 is 1.25 bits per heavy atom. The van der Waals surface area contributed by atoms with E-state index < -0.39 is 10.0 Å². The third kappa shape index (κ3) is 4.59. The number of sulfonamides is 1. The van der Waals surface area contributed by atoms with Crippen molar-refractivity contribution < 1.29 is 13.2 Å². The number of carbonyl (C=O) groups is 1. The van der Waals surface area contributed by atoms with Gasteiger partial charge in [0.15, 0.2) is 0 Å². The van der Waals surface area contributed by atoms with E-state index in [1.54, 1.807) is 12.1 Å². The lowest BCUT2D eigenvalue weighted by molar-refractivity contribution is -0.114. The quantitative estimate of drug-likeness (QED) is 0.726. The fourth-order valence-corrected chi connectivity index (χ4v) is 3.04. The molecule has 0 radical (unpaired) electrons. The van der Waals surface area contributed by atoms with Crippen LogP contribution in [0.4, 0.5) is 5.69 Å². The first-order chi connectivity index (χ1) is 9.26. The van der Waals surface area contributed by atoms with Crippen LogP contribution in [0.15, 0.2) is 29.2 Å². The maximum absolute atomic E-state index is 12.2. The molecule has 0 saturated heterocycles. The fourth-order valence-electron chi connectivity index (χ4n) is 1.64. The molecular formula is C13H21N3O3S. The Morgan fingerprint density at radius 2 is 1.80 bits per heavy atom. The van der Waals surface area contributed by atoms with E-state index >= 15 is 0 Å². The Bertz CT molecular complexity index is 553. The summed E-state index contributed by atoms with van der Waals surface area (Å²) in [6.45, 7) is 5.43. The van der Waals surface area contributed by atoms with Gasteiger partial charge < -0.3 is 11.1 Å². The minimum atomic E-state index is -3.60. The lowest BCUT2D eigenvalue weighted by Crippen LogP contribution is -2.43. The van der Waals surface area contributed by atoms with Crippen LogP contribution in [0.1, 0.15) is 20.8 Å². The molecule has 7 heteroatoms. The molecule has 0 fully saturated rings. The van der Waals surface area contributed by atoms with Gasteiger partial charge in [-0.3, -0.25) is 4.79 Å². The van der Waals surface area contributed by atoms with E-state index in [1.807, 2.05) is 13.8 Å². The monoisotopic (exact) mass is 299 g/mol. The molecule has 6 nitrogen and oxygen atoms in total. The Labute approximate surface area is 119 Å². The summed E-state index contributed by atoms with van der Waals surface area (Å²) in [5, 5.41) is 2.58. The van der Waals surface area contributed by atoms with E-state index in [1.165, 1.54) is 19.1 Å². The first-order valence-electron chi connectivity index (χ1n) is 6.36. The number of anilines is 1. The standard InChI is InChI=1S/C13H21N3O3S/c1-9(2)13(8-14)16-20(18,19)12-6-4-11(5-7-12)15-10(3)17/h4-7,9,13,16H,8,14H2,1-3H3,(H,15,17). The molecule has 1 unspecified atom stereocenters. The molecular weight excluding hydrogens is 278 g/mol. The average molecular weight is 299 g/mol. The molecule has 1 aromatic carbocycles. The van der Waals surface area contributed by atoms with Crippen molar-refractivity contribution in [2.24, 2.45) is 11.7 Å². The lowest BCUT2D eigenvalue weighted by Gasteiger charge is -2.20. The van der Waals surface area contributed by atoms with Crippen LogP contribution in [-0.4, -0.2) is 26.9 Å². The third-order valence-corrected chi connectivity index (χ3v) is 4.36. The summed E-state index contributed by atoms with van der Waals surface area (Å²) in [7, 11) is -3.60. The largest absolute Gasteiger partial charge is 0.329 e. The Kier molecular flexibility index (Phi) is 5.67. The highest BCUT2D eigenvalue weighted by Gasteiger charge is 2.21. The van der Waals surface area contributed by atoms with E-state index in [0.717, 1.165) is 0 Å². The third-order valence-electron chi connectivity index (χ3n) is 2.85. The van der Waals surface area contributed by atoms with Gasteiger partial charge in [0.1, 0.15) is 0 Å². The molecule has 112 valence electrons. The smallest absolute Gasteiger partial charge is 0.240 e. The zero-order valence-electron chi connectivity index (χ0n) is 11.9. The van der Waals surface area contributed by atoms with Crippen molar-refractivity contribution >= 4 is 21.6 Å². The molecule has 1 aromatic rings. The van der Waals surface area contributed by atoms with Crippen molar-refractivity contribution in [1.82, 2.24) is 4.72 Å². The number of rotatable bonds is 6. The summed E-state index contributed by atoms with van der Waals surface area (Å²) in [5.74, 6) is -0.102. The van der Waals surface area contributed by atoms with Crippen molar-refractivity contribution in [3.63, 3.8) is 0 Å². The SMILES string of the molecule is CC(=O)Nc1ccc(S(=O)(=O)NC(CN)C(C)C)cc1. The predicted octanol–water partition coefficient (Wildman–Crippen LogP) is 0.907. The van der Waals surface area contributed by atoms with Gasteiger partial charge in [0.25, 0.3) is 0 Å². The van der Waals surface area contributed by atoms with Crippen molar-refractivity contribution in [3.05, 3.63) is 24.3 Å². The van der Waals surface area contributed by atoms with Crippen LogP contribution in [0.3, 0.4) is 0 Å².